The molecule has 0 atom stereocenters. The second-order valence-corrected chi connectivity index (χ2v) is 7.37. The molecular weight excluding hydrogens is 366 g/mol. The Morgan fingerprint density at radius 3 is 2.64 bits per heavy atom. The average molecular weight is 391 g/mol. The van der Waals surface area contributed by atoms with Gasteiger partial charge in [0.15, 0.2) is 0 Å². The van der Waals surface area contributed by atoms with Crippen molar-refractivity contribution in [2.75, 3.05) is 6.54 Å². The summed E-state index contributed by atoms with van der Waals surface area (Å²) in [6.07, 6.45) is -0.0421. The number of amides is 1. The van der Waals surface area contributed by atoms with E-state index in [1.165, 1.54) is 12.1 Å². The number of aryl methyl sites for hydroxylation is 1. The lowest BCUT2D eigenvalue weighted by Gasteiger charge is -2.19. The maximum Gasteiger partial charge on any atom is 0.407 e. The van der Waals surface area contributed by atoms with Crippen LogP contribution in [0.4, 0.5) is 4.79 Å². The lowest BCUT2D eigenvalue weighted by molar-refractivity contribution is -0.145. The number of hydrogen-bond acceptors (Lipinski definition) is 7. The quantitative estimate of drug-likeness (QED) is 0.441. The monoisotopic (exact) mass is 391 g/mol. The van der Waals surface area contributed by atoms with Gasteiger partial charge < -0.3 is 24.3 Å². The van der Waals surface area contributed by atoms with Crippen molar-refractivity contribution in [2.45, 2.75) is 52.7 Å². The Hall–Kier alpha value is -3.03. The lowest BCUT2D eigenvalue weighted by atomic mass is 10.1. The van der Waals surface area contributed by atoms with E-state index < -0.39 is 23.3 Å². The number of nitrogens with one attached hydrogen (secondary N) is 1. The smallest absolute Gasteiger partial charge is 0.407 e. The number of rotatable bonds is 6. The summed E-state index contributed by atoms with van der Waals surface area (Å²) < 4.78 is 15.5. The minimum Gasteiger partial charge on any atom is -0.508 e. The van der Waals surface area contributed by atoms with Crippen LogP contribution in [0.5, 0.6) is 5.75 Å². The summed E-state index contributed by atoms with van der Waals surface area (Å²) in [5.74, 6) is -0.440. The van der Waals surface area contributed by atoms with Crippen LogP contribution in [0.2, 0.25) is 0 Å². The molecule has 0 bridgehead atoms. The summed E-state index contributed by atoms with van der Waals surface area (Å²) in [5, 5.41) is 12.9. The highest BCUT2D eigenvalue weighted by Gasteiger charge is 2.16. The van der Waals surface area contributed by atoms with Gasteiger partial charge in [0.25, 0.3) is 0 Å². The summed E-state index contributed by atoms with van der Waals surface area (Å²) in [5.41, 5.74) is 0.0306. The van der Waals surface area contributed by atoms with Crippen molar-refractivity contribution in [1.82, 2.24) is 5.32 Å². The van der Waals surface area contributed by atoms with Crippen LogP contribution in [0.25, 0.3) is 11.0 Å². The number of benzene rings is 1. The van der Waals surface area contributed by atoms with Gasteiger partial charge in [-0.05, 0) is 46.2 Å². The van der Waals surface area contributed by atoms with E-state index >= 15 is 0 Å². The van der Waals surface area contributed by atoms with Gasteiger partial charge in [0.1, 0.15) is 23.5 Å². The highest BCUT2D eigenvalue weighted by molar-refractivity contribution is 5.85. The molecule has 0 aliphatic rings. The molecule has 0 spiro atoms. The second-order valence-electron chi connectivity index (χ2n) is 7.37. The van der Waals surface area contributed by atoms with E-state index in [1.807, 2.05) is 0 Å². The fourth-order valence-electron chi connectivity index (χ4n) is 2.50. The van der Waals surface area contributed by atoms with Crippen LogP contribution in [0.3, 0.4) is 0 Å². The maximum absolute atomic E-state index is 11.9. The molecule has 2 rings (SSSR count). The molecule has 0 saturated carbocycles. The molecule has 0 radical (unpaired) electrons. The topological polar surface area (TPSA) is 115 Å². The number of ether oxygens (including phenoxy) is 2. The van der Waals surface area contributed by atoms with Gasteiger partial charge in [-0.25, -0.2) is 9.59 Å². The molecular formula is C20H25NO7. The van der Waals surface area contributed by atoms with Gasteiger partial charge in [0, 0.05) is 35.5 Å². The molecule has 1 amide bonds. The fourth-order valence-corrected chi connectivity index (χ4v) is 2.50. The molecule has 2 aromatic rings. The first-order valence-corrected chi connectivity index (χ1v) is 8.94. The minimum absolute atomic E-state index is 0.0160. The molecule has 152 valence electrons. The van der Waals surface area contributed by atoms with Crippen LogP contribution in [0.15, 0.2) is 27.4 Å². The summed E-state index contributed by atoms with van der Waals surface area (Å²) >= 11 is 0. The number of carbonyl (C=O) groups is 2. The third-order valence-electron chi connectivity index (χ3n) is 3.83. The van der Waals surface area contributed by atoms with Crippen LogP contribution in [0, 0.1) is 6.92 Å². The van der Waals surface area contributed by atoms with Crippen molar-refractivity contribution in [3.8, 4) is 5.75 Å². The number of fused-ring (bicyclic) bond motifs is 1. The first kappa shape index (κ1) is 21.3. The normalized spacial score (nSPS) is 11.3. The van der Waals surface area contributed by atoms with Crippen LogP contribution in [-0.4, -0.2) is 29.3 Å². The Bertz CT molecular complexity index is 925. The van der Waals surface area contributed by atoms with Gasteiger partial charge in [-0.15, -0.1) is 0 Å². The molecule has 0 fully saturated rings. The number of alkyl carbamates (subject to hydrolysis) is 1. The Morgan fingerprint density at radius 2 is 1.96 bits per heavy atom. The maximum atomic E-state index is 11.9. The van der Waals surface area contributed by atoms with E-state index in [0.717, 1.165) is 0 Å². The van der Waals surface area contributed by atoms with Gasteiger partial charge in [-0.2, -0.15) is 0 Å². The van der Waals surface area contributed by atoms with Gasteiger partial charge in [0.05, 0.1) is 0 Å². The number of phenols is 1. The number of carbonyl (C=O) groups excluding carboxylic acids is 2. The molecule has 0 aliphatic heterocycles. The molecule has 0 unspecified atom stereocenters. The molecule has 8 nitrogen and oxygen atoms in total. The highest BCUT2D eigenvalue weighted by atomic mass is 16.6. The second kappa shape index (κ2) is 8.77. The number of phenolic OH excluding ortho intramolecular Hbond substituents is 1. The van der Waals surface area contributed by atoms with Gasteiger partial charge in [-0.1, -0.05) is 0 Å². The largest absolute Gasteiger partial charge is 0.508 e. The van der Waals surface area contributed by atoms with E-state index in [1.54, 1.807) is 33.8 Å². The summed E-state index contributed by atoms with van der Waals surface area (Å²) in [7, 11) is 0. The fraction of sp³-hybridized carbons (Fsp3) is 0.450. The number of aromatic hydroxyl groups is 1. The number of esters is 1. The van der Waals surface area contributed by atoms with E-state index in [0.29, 0.717) is 22.9 Å². The van der Waals surface area contributed by atoms with Gasteiger partial charge >= 0.3 is 17.7 Å². The van der Waals surface area contributed by atoms with Gasteiger partial charge in [0.2, 0.25) is 0 Å². The van der Waals surface area contributed by atoms with E-state index in [4.69, 9.17) is 13.9 Å². The van der Waals surface area contributed by atoms with Crippen molar-refractivity contribution in [2.24, 2.45) is 0 Å². The molecule has 1 aromatic heterocycles. The molecule has 28 heavy (non-hydrogen) atoms. The molecule has 1 heterocycles. The molecule has 1 aromatic carbocycles. The Kier molecular flexibility index (Phi) is 6.66. The van der Waals surface area contributed by atoms with Crippen LogP contribution < -0.4 is 10.9 Å². The SMILES string of the molecule is Cc1c(O)ccc2c(COC(=O)CCCNC(=O)OC(C)(C)C)cc(=O)oc12. The molecule has 0 saturated heterocycles. The summed E-state index contributed by atoms with van der Waals surface area (Å²) in [6.45, 7) is 7.11. The van der Waals surface area contributed by atoms with E-state index in [-0.39, 0.29) is 30.9 Å². The van der Waals surface area contributed by atoms with E-state index in [9.17, 15) is 19.5 Å². The lowest BCUT2D eigenvalue weighted by Crippen LogP contribution is -2.33. The summed E-state index contributed by atoms with van der Waals surface area (Å²) in [6, 6.07) is 4.36. The predicted octanol–water partition coefficient (Wildman–Crippen LogP) is 3.16. The number of hydrogen-bond donors (Lipinski definition) is 2. The molecule has 8 heteroatoms. The Labute approximate surface area is 162 Å². The van der Waals surface area contributed by atoms with Crippen LogP contribution in [-0.2, 0) is 20.9 Å². The molecule has 0 aliphatic carbocycles. The first-order valence-electron chi connectivity index (χ1n) is 8.94. The standard InChI is InChI=1S/C20H25NO7/c1-12-15(22)8-7-14-13(10-17(24)27-18(12)14)11-26-16(23)6-5-9-21-19(25)28-20(2,3)4/h7-8,10,22H,5-6,9,11H2,1-4H3,(H,21,25). The van der Waals surface area contributed by atoms with Crippen molar-refractivity contribution >= 4 is 23.0 Å². The van der Waals surface area contributed by atoms with Gasteiger partial charge in [-0.3, -0.25) is 4.79 Å². The Balaban J connectivity index is 1.87. The highest BCUT2D eigenvalue weighted by Crippen LogP contribution is 2.27. The van der Waals surface area contributed by atoms with Crippen molar-refractivity contribution in [3.05, 3.63) is 39.7 Å². The van der Waals surface area contributed by atoms with Crippen molar-refractivity contribution in [1.29, 1.82) is 0 Å². The zero-order valence-electron chi connectivity index (χ0n) is 16.5. The van der Waals surface area contributed by atoms with Crippen LogP contribution in [0.1, 0.15) is 44.7 Å². The first-order chi connectivity index (χ1) is 13.1. The van der Waals surface area contributed by atoms with Crippen molar-refractivity contribution < 1.29 is 28.6 Å². The van der Waals surface area contributed by atoms with E-state index in [2.05, 4.69) is 5.32 Å². The Morgan fingerprint density at radius 1 is 1.25 bits per heavy atom. The predicted molar refractivity (Wildman–Crippen MR) is 102 cm³/mol. The third kappa shape index (κ3) is 6.00. The summed E-state index contributed by atoms with van der Waals surface area (Å²) in [4.78, 5) is 35.2. The zero-order chi connectivity index (χ0) is 20.9. The van der Waals surface area contributed by atoms with Crippen molar-refractivity contribution in [3.63, 3.8) is 0 Å². The third-order valence-corrected chi connectivity index (χ3v) is 3.83. The minimum atomic E-state index is -0.589. The molecule has 2 N–H and O–H groups in total. The zero-order valence-corrected chi connectivity index (χ0v) is 16.5. The van der Waals surface area contributed by atoms with Crippen LogP contribution >= 0.6 is 0 Å². The average Bonchev–Trinajstić information content (AvgIpc) is 2.58.